The first-order valence-electron chi connectivity index (χ1n) is 9.17. The van der Waals surface area contributed by atoms with Gasteiger partial charge in [-0.3, -0.25) is 9.10 Å². The third-order valence-corrected chi connectivity index (χ3v) is 5.80. The van der Waals surface area contributed by atoms with Crippen molar-refractivity contribution >= 4 is 44.8 Å². The highest BCUT2D eigenvalue weighted by molar-refractivity contribution is 7.92. The molecular formula is C20H24Cl2N2O5S. The summed E-state index contributed by atoms with van der Waals surface area (Å²) in [5.41, 5.74) is 0.329. The Hall–Kier alpha value is -2.16. The third kappa shape index (κ3) is 7.59. The molecule has 2 rings (SSSR count). The van der Waals surface area contributed by atoms with E-state index < -0.39 is 10.0 Å². The lowest BCUT2D eigenvalue weighted by atomic mass is 10.2. The zero-order chi connectivity index (χ0) is 22.1. The highest BCUT2D eigenvalue weighted by Gasteiger charge is 2.20. The van der Waals surface area contributed by atoms with Crippen LogP contribution in [0.1, 0.15) is 12.8 Å². The maximum absolute atomic E-state index is 12.1. The molecule has 0 heterocycles. The van der Waals surface area contributed by atoms with Gasteiger partial charge in [0.15, 0.2) is 0 Å². The largest absolute Gasteiger partial charge is 0.497 e. The summed E-state index contributed by atoms with van der Waals surface area (Å²) < 4.78 is 36.1. The molecule has 0 saturated carbocycles. The van der Waals surface area contributed by atoms with E-state index in [4.69, 9.17) is 32.7 Å². The van der Waals surface area contributed by atoms with Crippen LogP contribution in [0.2, 0.25) is 10.0 Å². The molecule has 1 N–H and O–H groups in total. The van der Waals surface area contributed by atoms with Gasteiger partial charge in [-0.1, -0.05) is 29.3 Å². The molecule has 2 aromatic carbocycles. The monoisotopic (exact) mass is 474 g/mol. The van der Waals surface area contributed by atoms with Gasteiger partial charge in [-0.05, 0) is 36.8 Å². The quantitative estimate of drug-likeness (QED) is 0.501. The number of carbonyl (C=O) groups excluding carboxylic acids is 1. The number of amides is 1. The molecule has 0 saturated heterocycles. The van der Waals surface area contributed by atoms with E-state index in [1.807, 2.05) is 12.1 Å². The number of sulfonamides is 1. The van der Waals surface area contributed by atoms with Gasteiger partial charge in [0, 0.05) is 24.1 Å². The minimum absolute atomic E-state index is 0.119. The first kappa shape index (κ1) is 24.1. The number of anilines is 1. The van der Waals surface area contributed by atoms with Crippen LogP contribution >= 0.6 is 23.2 Å². The van der Waals surface area contributed by atoms with Crippen LogP contribution in [0.3, 0.4) is 0 Å². The summed E-state index contributed by atoms with van der Waals surface area (Å²) in [6.45, 7) is 0.748. The lowest BCUT2D eigenvalue weighted by Gasteiger charge is -2.23. The number of benzene rings is 2. The van der Waals surface area contributed by atoms with Crippen LogP contribution < -0.4 is 19.1 Å². The molecule has 7 nitrogen and oxygen atoms in total. The number of nitrogens with zero attached hydrogens (tertiary/aromatic N) is 1. The topological polar surface area (TPSA) is 84.9 Å². The van der Waals surface area contributed by atoms with Gasteiger partial charge in [0.2, 0.25) is 15.9 Å². The van der Waals surface area contributed by atoms with Gasteiger partial charge in [0.05, 0.1) is 30.6 Å². The van der Waals surface area contributed by atoms with Crippen LogP contribution in [-0.2, 0) is 14.8 Å². The van der Waals surface area contributed by atoms with E-state index in [1.165, 1.54) is 10.4 Å². The Morgan fingerprint density at radius 3 is 2.53 bits per heavy atom. The van der Waals surface area contributed by atoms with Crippen LogP contribution in [-0.4, -0.2) is 47.4 Å². The first-order chi connectivity index (χ1) is 14.2. The summed E-state index contributed by atoms with van der Waals surface area (Å²) in [6.07, 6.45) is 1.58. The number of hydrogen-bond acceptors (Lipinski definition) is 5. The van der Waals surface area contributed by atoms with E-state index in [1.54, 1.807) is 31.4 Å². The molecule has 0 aliphatic rings. The van der Waals surface area contributed by atoms with Crippen LogP contribution in [0.25, 0.3) is 0 Å². The minimum Gasteiger partial charge on any atom is -0.497 e. The summed E-state index contributed by atoms with van der Waals surface area (Å²) in [6, 6.07) is 11.8. The van der Waals surface area contributed by atoms with Gasteiger partial charge < -0.3 is 14.8 Å². The molecule has 0 atom stereocenters. The average molecular weight is 475 g/mol. The molecule has 10 heteroatoms. The van der Waals surface area contributed by atoms with Crippen molar-refractivity contribution in [1.29, 1.82) is 0 Å². The number of methoxy groups -OCH3 is 1. The smallest absolute Gasteiger partial charge is 0.232 e. The van der Waals surface area contributed by atoms with Gasteiger partial charge in [-0.15, -0.1) is 0 Å². The third-order valence-electron chi connectivity index (χ3n) is 4.08. The molecule has 0 fully saturated rings. The van der Waals surface area contributed by atoms with Gasteiger partial charge in [-0.2, -0.15) is 0 Å². The van der Waals surface area contributed by atoms with Crippen LogP contribution in [0.5, 0.6) is 11.5 Å². The van der Waals surface area contributed by atoms with E-state index in [9.17, 15) is 13.2 Å². The van der Waals surface area contributed by atoms with Gasteiger partial charge in [0.1, 0.15) is 18.1 Å². The second-order valence-electron chi connectivity index (χ2n) is 6.41. The normalized spacial score (nSPS) is 11.1. The van der Waals surface area contributed by atoms with Crippen molar-refractivity contribution in [2.24, 2.45) is 0 Å². The Balaban J connectivity index is 1.78. The highest BCUT2D eigenvalue weighted by atomic mass is 35.5. The Kier molecular flexibility index (Phi) is 9.08. The fraction of sp³-hybridized carbons (Fsp3) is 0.350. The van der Waals surface area contributed by atoms with Crippen molar-refractivity contribution in [1.82, 2.24) is 5.32 Å². The molecule has 0 aliphatic carbocycles. The standard InChI is InChI=1S/C20H24Cl2N2O5S/c1-28-16-5-3-6-17(14-16)29-12-10-23-20(25)7-4-11-24(30(2,26)27)19-9-8-15(21)13-18(19)22/h3,5-6,8-9,13-14H,4,7,10-12H2,1-2H3,(H,23,25). The Bertz CT molecular complexity index is 969. The second-order valence-corrected chi connectivity index (χ2v) is 9.16. The zero-order valence-electron chi connectivity index (χ0n) is 16.7. The lowest BCUT2D eigenvalue weighted by Crippen LogP contribution is -2.33. The maximum Gasteiger partial charge on any atom is 0.232 e. The van der Waals surface area contributed by atoms with Crippen LogP contribution in [0.15, 0.2) is 42.5 Å². The van der Waals surface area contributed by atoms with Gasteiger partial charge in [0.25, 0.3) is 0 Å². The molecule has 0 radical (unpaired) electrons. The molecule has 0 unspecified atom stereocenters. The van der Waals surface area contributed by atoms with E-state index in [2.05, 4.69) is 5.32 Å². The zero-order valence-corrected chi connectivity index (χ0v) is 19.1. The van der Waals surface area contributed by atoms with Crippen molar-refractivity contribution in [2.75, 3.05) is 37.4 Å². The van der Waals surface area contributed by atoms with Crippen molar-refractivity contribution in [3.8, 4) is 11.5 Å². The van der Waals surface area contributed by atoms with E-state index >= 15 is 0 Å². The van der Waals surface area contributed by atoms with E-state index in [0.29, 0.717) is 41.8 Å². The van der Waals surface area contributed by atoms with E-state index in [-0.39, 0.29) is 23.9 Å². The second kappa shape index (κ2) is 11.3. The summed E-state index contributed by atoms with van der Waals surface area (Å²) >= 11 is 12.0. The predicted octanol–water partition coefficient (Wildman–Crippen LogP) is 3.74. The summed E-state index contributed by atoms with van der Waals surface area (Å²) in [4.78, 5) is 12.0. The number of rotatable bonds is 11. The molecule has 1 amide bonds. The average Bonchev–Trinajstić information content (AvgIpc) is 2.69. The molecule has 164 valence electrons. The van der Waals surface area contributed by atoms with Crippen molar-refractivity contribution in [3.05, 3.63) is 52.5 Å². The van der Waals surface area contributed by atoms with E-state index in [0.717, 1.165) is 6.26 Å². The number of halogens is 2. The van der Waals surface area contributed by atoms with Crippen molar-refractivity contribution in [3.63, 3.8) is 0 Å². The number of ether oxygens (including phenoxy) is 2. The Labute approximate surface area is 186 Å². The predicted molar refractivity (Wildman–Crippen MR) is 119 cm³/mol. The fourth-order valence-corrected chi connectivity index (χ4v) is 4.21. The maximum atomic E-state index is 12.1. The van der Waals surface area contributed by atoms with Crippen LogP contribution in [0, 0.1) is 0 Å². The molecule has 2 aromatic rings. The van der Waals surface area contributed by atoms with Gasteiger partial charge >= 0.3 is 0 Å². The molecule has 0 aliphatic heterocycles. The summed E-state index contributed by atoms with van der Waals surface area (Å²) in [5.74, 6) is 1.14. The highest BCUT2D eigenvalue weighted by Crippen LogP contribution is 2.30. The van der Waals surface area contributed by atoms with Crippen molar-refractivity contribution in [2.45, 2.75) is 12.8 Å². The summed E-state index contributed by atoms with van der Waals surface area (Å²) in [5, 5.41) is 3.38. The minimum atomic E-state index is -3.56. The number of carbonyl (C=O) groups is 1. The molecule has 30 heavy (non-hydrogen) atoms. The molecule has 0 bridgehead atoms. The summed E-state index contributed by atoms with van der Waals surface area (Å²) in [7, 11) is -1.99. The Morgan fingerprint density at radius 1 is 1.13 bits per heavy atom. The number of nitrogens with one attached hydrogen (secondary N) is 1. The first-order valence-corrected chi connectivity index (χ1v) is 11.8. The Morgan fingerprint density at radius 2 is 1.87 bits per heavy atom. The molecule has 0 aromatic heterocycles. The fourth-order valence-electron chi connectivity index (χ4n) is 2.67. The molecular weight excluding hydrogens is 451 g/mol. The lowest BCUT2D eigenvalue weighted by molar-refractivity contribution is -0.121. The SMILES string of the molecule is COc1cccc(OCCNC(=O)CCCN(c2ccc(Cl)cc2Cl)S(C)(=O)=O)c1. The van der Waals surface area contributed by atoms with Crippen molar-refractivity contribution < 1.29 is 22.7 Å². The molecule has 0 spiro atoms. The van der Waals surface area contributed by atoms with Crippen LogP contribution in [0.4, 0.5) is 5.69 Å². The number of hydrogen-bond donors (Lipinski definition) is 1. The van der Waals surface area contributed by atoms with Gasteiger partial charge in [-0.25, -0.2) is 8.42 Å².